The number of nitrogens with two attached hydrogens (primary N) is 1. The first kappa shape index (κ1) is 18.2. The predicted octanol–water partition coefficient (Wildman–Crippen LogP) is 1.86. The van der Waals surface area contributed by atoms with Crippen LogP contribution in [0.1, 0.15) is 20.3 Å². The third-order valence-electron chi connectivity index (χ3n) is 3.42. The van der Waals surface area contributed by atoms with Crippen LogP contribution in [0.15, 0.2) is 29.2 Å². The minimum atomic E-state index is -3.40. The van der Waals surface area contributed by atoms with Crippen molar-refractivity contribution < 1.29 is 13.2 Å². The Morgan fingerprint density at radius 2 is 1.95 bits per heavy atom. The maximum atomic E-state index is 12.5. The molecule has 2 rings (SSSR count). The lowest BCUT2D eigenvalue weighted by molar-refractivity contribution is 0.242. The third-order valence-corrected chi connectivity index (χ3v) is 5.29. The molecule has 0 aromatic heterocycles. The molecular weight excluding hydrogens is 312 g/mol. The van der Waals surface area contributed by atoms with Crippen molar-refractivity contribution in [1.82, 2.24) is 4.31 Å². The third kappa shape index (κ3) is 4.32. The van der Waals surface area contributed by atoms with Crippen LogP contribution in [-0.4, -0.2) is 38.5 Å². The Hall–Kier alpha value is -0.820. The van der Waals surface area contributed by atoms with E-state index in [0.717, 1.165) is 6.42 Å². The topological polar surface area (TPSA) is 72.6 Å². The van der Waals surface area contributed by atoms with Gasteiger partial charge in [0.25, 0.3) is 0 Å². The highest BCUT2D eigenvalue weighted by Gasteiger charge is 2.31. The summed E-state index contributed by atoms with van der Waals surface area (Å²) in [6.07, 6.45) is 0.908. The van der Waals surface area contributed by atoms with Gasteiger partial charge in [-0.25, -0.2) is 8.42 Å². The Morgan fingerprint density at radius 3 is 2.43 bits per heavy atom. The average molecular weight is 335 g/mol. The zero-order valence-corrected chi connectivity index (χ0v) is 14.0. The van der Waals surface area contributed by atoms with Gasteiger partial charge in [-0.3, -0.25) is 0 Å². The molecular formula is C14H23ClN2O3S. The van der Waals surface area contributed by atoms with Gasteiger partial charge in [-0.1, -0.05) is 0 Å². The maximum Gasteiger partial charge on any atom is 0.243 e. The van der Waals surface area contributed by atoms with E-state index in [1.165, 1.54) is 4.31 Å². The molecule has 1 unspecified atom stereocenters. The highest BCUT2D eigenvalue weighted by atomic mass is 35.5. The molecule has 1 saturated heterocycles. The summed E-state index contributed by atoms with van der Waals surface area (Å²) >= 11 is 0. The molecule has 1 fully saturated rings. The minimum absolute atomic E-state index is 0. The molecule has 0 aliphatic carbocycles. The van der Waals surface area contributed by atoms with E-state index in [1.807, 2.05) is 13.8 Å². The number of sulfonamides is 1. The molecule has 7 heteroatoms. The van der Waals surface area contributed by atoms with Crippen molar-refractivity contribution in [2.75, 3.05) is 19.6 Å². The van der Waals surface area contributed by atoms with Gasteiger partial charge in [-0.05, 0) is 57.0 Å². The number of halogens is 1. The summed E-state index contributed by atoms with van der Waals surface area (Å²) in [6.45, 7) is 5.47. The standard InChI is InChI=1S/C14H22N2O3S.ClH/c1-11(2)19-13-3-5-14(6-4-13)20(17,18)16-8-7-12(9-15)10-16;/h3-6,11-12H,7-10,15H2,1-2H3;1H. The van der Waals surface area contributed by atoms with Gasteiger partial charge in [0.05, 0.1) is 11.0 Å². The highest BCUT2D eigenvalue weighted by Crippen LogP contribution is 2.25. The maximum absolute atomic E-state index is 12.5. The van der Waals surface area contributed by atoms with Crippen LogP contribution in [0.25, 0.3) is 0 Å². The molecule has 1 heterocycles. The Kier molecular flexibility index (Phi) is 6.46. The lowest BCUT2D eigenvalue weighted by atomic mass is 10.1. The van der Waals surface area contributed by atoms with Gasteiger partial charge in [-0.2, -0.15) is 4.31 Å². The molecule has 0 radical (unpaired) electrons. The first-order valence-electron chi connectivity index (χ1n) is 6.90. The van der Waals surface area contributed by atoms with Gasteiger partial charge in [0.15, 0.2) is 0 Å². The molecule has 1 aliphatic rings. The van der Waals surface area contributed by atoms with Crippen LogP contribution < -0.4 is 10.5 Å². The number of nitrogens with zero attached hydrogens (tertiary/aromatic N) is 1. The first-order chi connectivity index (χ1) is 9.43. The van der Waals surface area contributed by atoms with Crippen molar-refractivity contribution in [3.8, 4) is 5.75 Å². The fourth-order valence-electron chi connectivity index (χ4n) is 2.32. The summed E-state index contributed by atoms with van der Waals surface area (Å²) < 4.78 is 32.0. The number of benzene rings is 1. The second kappa shape index (κ2) is 7.45. The van der Waals surface area contributed by atoms with Crippen molar-refractivity contribution in [1.29, 1.82) is 0 Å². The van der Waals surface area contributed by atoms with E-state index in [1.54, 1.807) is 24.3 Å². The summed E-state index contributed by atoms with van der Waals surface area (Å²) in [7, 11) is -3.40. The highest BCUT2D eigenvalue weighted by molar-refractivity contribution is 7.89. The summed E-state index contributed by atoms with van der Waals surface area (Å²) in [5.41, 5.74) is 5.61. The zero-order valence-electron chi connectivity index (χ0n) is 12.4. The summed E-state index contributed by atoms with van der Waals surface area (Å²) in [5.74, 6) is 0.952. The molecule has 1 aromatic rings. The van der Waals surface area contributed by atoms with Gasteiger partial charge in [0, 0.05) is 13.1 Å². The first-order valence-corrected chi connectivity index (χ1v) is 8.34. The van der Waals surface area contributed by atoms with Crippen LogP contribution in [0.5, 0.6) is 5.75 Å². The van der Waals surface area contributed by atoms with Crippen molar-refractivity contribution in [3.05, 3.63) is 24.3 Å². The fourth-order valence-corrected chi connectivity index (χ4v) is 3.85. The van der Waals surface area contributed by atoms with Crippen LogP contribution in [-0.2, 0) is 10.0 Å². The normalized spacial score (nSPS) is 19.5. The van der Waals surface area contributed by atoms with Crippen LogP contribution in [0.4, 0.5) is 0 Å². The molecule has 0 bridgehead atoms. The van der Waals surface area contributed by atoms with Crippen molar-refractivity contribution in [3.63, 3.8) is 0 Å². The molecule has 5 nitrogen and oxygen atoms in total. The Bertz CT molecular complexity index is 546. The summed E-state index contributed by atoms with van der Waals surface area (Å²) in [4.78, 5) is 0.311. The van der Waals surface area contributed by atoms with Crippen LogP contribution in [0.3, 0.4) is 0 Å². The molecule has 1 aromatic carbocycles. The molecule has 0 amide bonds. The van der Waals surface area contributed by atoms with Gasteiger partial charge >= 0.3 is 0 Å². The largest absolute Gasteiger partial charge is 0.491 e. The smallest absolute Gasteiger partial charge is 0.243 e. The Morgan fingerprint density at radius 1 is 1.33 bits per heavy atom. The van der Waals surface area contributed by atoms with Gasteiger partial charge in [0.2, 0.25) is 10.0 Å². The van der Waals surface area contributed by atoms with E-state index in [9.17, 15) is 8.42 Å². The zero-order chi connectivity index (χ0) is 14.8. The van der Waals surface area contributed by atoms with Gasteiger partial charge < -0.3 is 10.5 Å². The summed E-state index contributed by atoms with van der Waals surface area (Å²) in [5, 5.41) is 0. The monoisotopic (exact) mass is 334 g/mol. The predicted molar refractivity (Wildman–Crippen MR) is 85.4 cm³/mol. The van der Waals surface area contributed by atoms with E-state index < -0.39 is 10.0 Å². The van der Waals surface area contributed by atoms with Crippen molar-refractivity contribution in [2.24, 2.45) is 11.7 Å². The lowest BCUT2D eigenvalue weighted by Crippen LogP contribution is -2.30. The quantitative estimate of drug-likeness (QED) is 0.892. The van der Waals surface area contributed by atoms with E-state index >= 15 is 0 Å². The van der Waals surface area contributed by atoms with Gasteiger partial charge in [-0.15, -0.1) is 12.4 Å². The number of rotatable bonds is 5. The van der Waals surface area contributed by atoms with Crippen LogP contribution in [0, 0.1) is 5.92 Å². The average Bonchev–Trinajstić information content (AvgIpc) is 2.88. The van der Waals surface area contributed by atoms with E-state index in [4.69, 9.17) is 10.5 Å². The molecule has 1 atom stereocenters. The van der Waals surface area contributed by atoms with E-state index in [0.29, 0.717) is 30.3 Å². The minimum Gasteiger partial charge on any atom is -0.491 e. The van der Waals surface area contributed by atoms with Crippen molar-refractivity contribution in [2.45, 2.75) is 31.3 Å². The number of hydrogen-bond acceptors (Lipinski definition) is 4. The van der Waals surface area contributed by atoms with Crippen molar-refractivity contribution >= 4 is 22.4 Å². The molecule has 1 aliphatic heterocycles. The SMILES string of the molecule is CC(C)Oc1ccc(S(=O)(=O)N2CCC(CN)C2)cc1.Cl. The summed E-state index contributed by atoms with van der Waals surface area (Å²) in [6, 6.07) is 6.60. The Labute approximate surface area is 132 Å². The molecule has 21 heavy (non-hydrogen) atoms. The fraction of sp³-hybridized carbons (Fsp3) is 0.571. The van der Waals surface area contributed by atoms with Crippen LogP contribution >= 0.6 is 12.4 Å². The van der Waals surface area contributed by atoms with Crippen LogP contribution in [0.2, 0.25) is 0 Å². The second-order valence-electron chi connectivity index (χ2n) is 5.39. The van der Waals surface area contributed by atoms with E-state index in [2.05, 4.69) is 0 Å². The molecule has 0 saturated carbocycles. The number of ether oxygens (including phenoxy) is 1. The second-order valence-corrected chi connectivity index (χ2v) is 7.33. The van der Waals surface area contributed by atoms with E-state index in [-0.39, 0.29) is 24.4 Å². The molecule has 0 spiro atoms. The number of hydrogen-bond donors (Lipinski definition) is 1. The Balaban J connectivity index is 0.00000220. The molecule has 2 N–H and O–H groups in total. The lowest BCUT2D eigenvalue weighted by Gasteiger charge is -2.17. The molecule has 120 valence electrons. The van der Waals surface area contributed by atoms with Gasteiger partial charge in [0.1, 0.15) is 5.75 Å².